The van der Waals surface area contributed by atoms with Crippen LogP contribution in [0.3, 0.4) is 0 Å². The molecule has 2 aromatic rings. The normalized spacial score (nSPS) is 32.9. The molecule has 9 heteroatoms. The summed E-state index contributed by atoms with van der Waals surface area (Å²) < 4.78 is 22.5. The number of alkyl halides is 1. The number of nitrogens with zero attached hydrogens (tertiary/aromatic N) is 3. The molecular formula is C12H14FIN4O3. The average molecular weight is 408 g/mol. The fraction of sp³-hybridized carbons (Fsp3) is 0.500. The second-order valence-corrected chi connectivity index (χ2v) is 6.31. The molecule has 4 N–H and O–H groups in total. The van der Waals surface area contributed by atoms with Gasteiger partial charge >= 0.3 is 0 Å². The monoisotopic (exact) mass is 408 g/mol. The summed E-state index contributed by atoms with van der Waals surface area (Å²) in [5.74, 6) is 0.293. The Labute approximate surface area is 133 Å². The number of aliphatic hydroxyl groups is 2. The number of nitrogen functional groups attached to an aromatic ring is 1. The third-order valence-corrected chi connectivity index (χ3v) is 4.56. The standard InChI is InChI=1S/C12H14FIN4O3/c1-12(13)8(20)6(3-19)21-11(12)18-2-5(14)7-9(15)16-4-17-10(7)18/h2,4,6,8,11,19-20H,3H2,1H3,(H2,15,16,17)/t6?,8-,11-,12-/m1/s1. The summed E-state index contributed by atoms with van der Waals surface area (Å²) >= 11 is 2.05. The molecule has 1 aliphatic heterocycles. The van der Waals surface area contributed by atoms with E-state index in [0.717, 1.165) is 3.57 Å². The van der Waals surface area contributed by atoms with Crippen molar-refractivity contribution in [1.82, 2.24) is 14.5 Å². The third kappa shape index (κ3) is 2.10. The molecular weight excluding hydrogens is 394 g/mol. The number of ether oxygens (including phenoxy) is 1. The van der Waals surface area contributed by atoms with Crippen LogP contribution in [0.2, 0.25) is 0 Å². The minimum absolute atomic E-state index is 0.293. The molecule has 0 spiro atoms. The molecule has 4 atom stereocenters. The number of halogens is 2. The van der Waals surface area contributed by atoms with E-state index < -0.39 is 30.7 Å². The van der Waals surface area contributed by atoms with Gasteiger partial charge < -0.3 is 25.3 Å². The van der Waals surface area contributed by atoms with Crippen LogP contribution in [-0.2, 0) is 4.74 Å². The fourth-order valence-corrected chi connectivity index (χ4v) is 3.42. The van der Waals surface area contributed by atoms with Gasteiger partial charge in [-0.15, -0.1) is 0 Å². The van der Waals surface area contributed by atoms with Gasteiger partial charge in [-0.3, -0.25) is 0 Å². The maximum absolute atomic E-state index is 14.8. The summed E-state index contributed by atoms with van der Waals surface area (Å²) in [6.07, 6.45) is -0.592. The van der Waals surface area contributed by atoms with Crippen molar-refractivity contribution in [2.45, 2.75) is 31.0 Å². The molecule has 2 aromatic heterocycles. The van der Waals surface area contributed by atoms with Crippen LogP contribution in [0.1, 0.15) is 13.2 Å². The molecule has 0 aliphatic carbocycles. The molecule has 114 valence electrons. The number of anilines is 1. The van der Waals surface area contributed by atoms with Crippen molar-refractivity contribution in [1.29, 1.82) is 0 Å². The maximum Gasteiger partial charge on any atom is 0.181 e. The Balaban J connectivity index is 2.15. The van der Waals surface area contributed by atoms with E-state index in [0.29, 0.717) is 16.9 Å². The Hall–Kier alpha value is -1.04. The number of fused-ring (bicyclic) bond motifs is 1. The summed E-state index contributed by atoms with van der Waals surface area (Å²) in [6, 6.07) is 0. The van der Waals surface area contributed by atoms with Crippen LogP contribution in [0, 0.1) is 3.57 Å². The van der Waals surface area contributed by atoms with Gasteiger partial charge in [-0.05, 0) is 29.5 Å². The molecule has 0 saturated carbocycles. The summed E-state index contributed by atoms with van der Waals surface area (Å²) in [7, 11) is 0. The molecule has 1 fully saturated rings. The van der Waals surface area contributed by atoms with E-state index in [1.54, 1.807) is 6.20 Å². The smallest absolute Gasteiger partial charge is 0.181 e. The van der Waals surface area contributed by atoms with Gasteiger partial charge in [0.15, 0.2) is 11.9 Å². The van der Waals surface area contributed by atoms with Crippen LogP contribution < -0.4 is 5.73 Å². The first-order chi connectivity index (χ1) is 9.87. The lowest BCUT2D eigenvalue weighted by Gasteiger charge is -2.25. The molecule has 1 aliphatic rings. The second kappa shape index (κ2) is 5.00. The zero-order valence-electron chi connectivity index (χ0n) is 11.1. The number of hydrogen-bond donors (Lipinski definition) is 3. The molecule has 0 radical (unpaired) electrons. The Morgan fingerprint density at radius 1 is 1.57 bits per heavy atom. The molecule has 21 heavy (non-hydrogen) atoms. The highest BCUT2D eigenvalue weighted by Crippen LogP contribution is 2.43. The third-order valence-electron chi connectivity index (χ3n) is 3.74. The van der Waals surface area contributed by atoms with Gasteiger partial charge in [0.25, 0.3) is 0 Å². The van der Waals surface area contributed by atoms with E-state index in [-0.39, 0.29) is 0 Å². The SMILES string of the molecule is C[C@@]1(F)[C@H](O)C(CO)O[C@H]1n1cc(I)c2c(N)ncnc21. The molecule has 1 unspecified atom stereocenters. The lowest BCUT2D eigenvalue weighted by atomic mass is 9.98. The van der Waals surface area contributed by atoms with Crippen molar-refractivity contribution >= 4 is 39.4 Å². The molecule has 1 saturated heterocycles. The van der Waals surface area contributed by atoms with Crippen LogP contribution in [0.25, 0.3) is 11.0 Å². The zero-order chi connectivity index (χ0) is 15.4. The summed E-state index contributed by atoms with van der Waals surface area (Å²) in [6.45, 7) is 0.770. The molecule has 0 amide bonds. The predicted molar refractivity (Wildman–Crippen MR) is 81.2 cm³/mol. The van der Waals surface area contributed by atoms with Gasteiger partial charge in [0.05, 0.1) is 12.0 Å². The van der Waals surface area contributed by atoms with E-state index >= 15 is 0 Å². The van der Waals surface area contributed by atoms with Crippen LogP contribution in [0.5, 0.6) is 0 Å². The van der Waals surface area contributed by atoms with Gasteiger partial charge in [0.1, 0.15) is 30.0 Å². The number of hydrogen-bond acceptors (Lipinski definition) is 6. The van der Waals surface area contributed by atoms with Gasteiger partial charge in [0.2, 0.25) is 0 Å². The van der Waals surface area contributed by atoms with Crippen molar-refractivity contribution in [2.75, 3.05) is 12.3 Å². The fourth-order valence-electron chi connectivity index (χ4n) is 2.60. The predicted octanol–water partition coefficient (Wildman–Crippen LogP) is 0.597. The van der Waals surface area contributed by atoms with Crippen molar-refractivity contribution in [3.05, 3.63) is 16.1 Å². The van der Waals surface area contributed by atoms with Crippen LogP contribution in [0.4, 0.5) is 10.2 Å². The minimum Gasteiger partial charge on any atom is -0.394 e. The lowest BCUT2D eigenvalue weighted by molar-refractivity contribution is -0.0564. The average Bonchev–Trinajstić information content (AvgIpc) is 2.87. The molecule has 7 nitrogen and oxygen atoms in total. The van der Waals surface area contributed by atoms with Crippen LogP contribution in [0.15, 0.2) is 12.5 Å². The first-order valence-corrected chi connectivity index (χ1v) is 7.35. The van der Waals surface area contributed by atoms with Gasteiger partial charge in [-0.25, -0.2) is 14.4 Å². The first kappa shape index (κ1) is 14.9. The van der Waals surface area contributed by atoms with Crippen molar-refractivity contribution < 1.29 is 19.3 Å². The topological polar surface area (TPSA) is 106 Å². The highest BCUT2D eigenvalue weighted by Gasteiger charge is 2.55. The number of aliphatic hydroxyl groups excluding tert-OH is 2. The van der Waals surface area contributed by atoms with Gasteiger partial charge in [0, 0.05) is 9.77 Å². The Kier molecular flexibility index (Phi) is 3.55. The largest absolute Gasteiger partial charge is 0.394 e. The zero-order valence-corrected chi connectivity index (χ0v) is 13.2. The van der Waals surface area contributed by atoms with E-state index in [4.69, 9.17) is 10.5 Å². The molecule has 3 rings (SSSR count). The molecule has 3 heterocycles. The van der Waals surface area contributed by atoms with Crippen LogP contribution in [-0.4, -0.2) is 49.2 Å². The molecule has 0 bridgehead atoms. The Morgan fingerprint density at radius 2 is 2.29 bits per heavy atom. The summed E-state index contributed by atoms with van der Waals surface area (Å²) in [5.41, 5.74) is 4.18. The molecule has 0 aromatic carbocycles. The van der Waals surface area contributed by atoms with Crippen LogP contribution >= 0.6 is 22.6 Å². The van der Waals surface area contributed by atoms with Crippen molar-refractivity contribution in [3.63, 3.8) is 0 Å². The minimum atomic E-state index is -2.07. The summed E-state index contributed by atoms with van der Waals surface area (Å²) in [5, 5.41) is 19.7. The lowest BCUT2D eigenvalue weighted by Crippen LogP contribution is -2.40. The van der Waals surface area contributed by atoms with Crippen molar-refractivity contribution in [2.24, 2.45) is 0 Å². The van der Waals surface area contributed by atoms with E-state index in [9.17, 15) is 14.6 Å². The maximum atomic E-state index is 14.8. The van der Waals surface area contributed by atoms with Gasteiger partial charge in [-0.1, -0.05) is 0 Å². The highest BCUT2D eigenvalue weighted by molar-refractivity contribution is 14.1. The van der Waals surface area contributed by atoms with Crippen molar-refractivity contribution in [3.8, 4) is 0 Å². The van der Waals surface area contributed by atoms with E-state index in [1.807, 2.05) is 0 Å². The number of rotatable bonds is 2. The first-order valence-electron chi connectivity index (χ1n) is 6.27. The quantitative estimate of drug-likeness (QED) is 0.629. The van der Waals surface area contributed by atoms with E-state index in [1.165, 1.54) is 17.8 Å². The summed E-state index contributed by atoms with van der Waals surface area (Å²) in [4.78, 5) is 8.04. The van der Waals surface area contributed by atoms with E-state index in [2.05, 4.69) is 32.6 Å². The Bertz CT molecular complexity index is 692. The second-order valence-electron chi connectivity index (χ2n) is 5.15. The Morgan fingerprint density at radius 3 is 2.90 bits per heavy atom. The highest BCUT2D eigenvalue weighted by atomic mass is 127. The van der Waals surface area contributed by atoms with Gasteiger partial charge in [-0.2, -0.15) is 0 Å². The number of aromatic nitrogens is 3. The number of nitrogens with two attached hydrogens (primary N) is 1.